The van der Waals surface area contributed by atoms with Gasteiger partial charge in [0, 0.05) is 5.56 Å². The van der Waals surface area contributed by atoms with Crippen molar-refractivity contribution in [2.24, 2.45) is 0 Å². The van der Waals surface area contributed by atoms with Crippen LogP contribution in [-0.4, -0.2) is 22.5 Å². The number of nitrogens with zero attached hydrogens (tertiary/aromatic N) is 2. The molecule has 1 aromatic rings. The highest BCUT2D eigenvalue weighted by atomic mass is 19.3. The van der Waals surface area contributed by atoms with Crippen LogP contribution >= 0.6 is 0 Å². The molecule has 0 spiro atoms. The standard InChI is InChI=1S/C10H9F3N2O4/c1-2-19-7(16)3-5-6(11)4-14-10(15(17)18)8(5)9(12)13/h4,9H,2-3H2,1H3. The molecule has 0 aliphatic rings. The Labute approximate surface area is 105 Å². The number of ether oxygens (including phenoxy) is 1. The van der Waals surface area contributed by atoms with Gasteiger partial charge in [-0.15, -0.1) is 0 Å². The van der Waals surface area contributed by atoms with Crippen molar-refractivity contribution in [1.82, 2.24) is 4.98 Å². The van der Waals surface area contributed by atoms with E-state index in [1.54, 1.807) is 0 Å². The van der Waals surface area contributed by atoms with Crippen molar-refractivity contribution in [3.05, 3.63) is 33.3 Å². The summed E-state index contributed by atoms with van der Waals surface area (Å²) in [6.07, 6.45) is -3.71. The first-order valence-corrected chi connectivity index (χ1v) is 5.13. The number of halogens is 3. The summed E-state index contributed by atoms with van der Waals surface area (Å²) < 4.78 is 43.5. The summed E-state index contributed by atoms with van der Waals surface area (Å²) in [5, 5.41) is 10.6. The zero-order valence-electron chi connectivity index (χ0n) is 9.73. The lowest BCUT2D eigenvalue weighted by atomic mass is 10.1. The molecule has 0 bridgehead atoms. The SMILES string of the molecule is CCOC(=O)Cc1c(F)cnc([N+](=O)[O-])c1C(F)F. The Morgan fingerprint density at radius 2 is 2.21 bits per heavy atom. The summed E-state index contributed by atoms with van der Waals surface area (Å²) in [6.45, 7) is 1.47. The summed E-state index contributed by atoms with van der Waals surface area (Å²) in [5.41, 5.74) is -1.96. The van der Waals surface area contributed by atoms with E-state index in [4.69, 9.17) is 0 Å². The lowest BCUT2D eigenvalue weighted by Gasteiger charge is -2.09. The van der Waals surface area contributed by atoms with E-state index in [1.807, 2.05) is 0 Å². The number of hydrogen-bond donors (Lipinski definition) is 0. The zero-order valence-corrected chi connectivity index (χ0v) is 9.73. The lowest BCUT2D eigenvalue weighted by Crippen LogP contribution is -2.13. The maximum atomic E-state index is 13.4. The largest absolute Gasteiger partial charge is 0.466 e. The van der Waals surface area contributed by atoms with Gasteiger partial charge in [0.05, 0.1) is 13.0 Å². The van der Waals surface area contributed by atoms with Crippen LogP contribution in [-0.2, 0) is 16.0 Å². The minimum Gasteiger partial charge on any atom is -0.466 e. The van der Waals surface area contributed by atoms with Gasteiger partial charge in [0.2, 0.25) is 0 Å². The Balaban J connectivity index is 3.31. The molecule has 9 heteroatoms. The number of pyridine rings is 1. The zero-order chi connectivity index (χ0) is 14.6. The van der Waals surface area contributed by atoms with E-state index >= 15 is 0 Å². The average molecular weight is 278 g/mol. The van der Waals surface area contributed by atoms with Crippen molar-refractivity contribution in [2.75, 3.05) is 6.61 Å². The Morgan fingerprint density at radius 1 is 1.58 bits per heavy atom. The van der Waals surface area contributed by atoms with Gasteiger partial charge >= 0.3 is 11.8 Å². The van der Waals surface area contributed by atoms with Crippen molar-refractivity contribution in [3.8, 4) is 0 Å². The second-order valence-electron chi connectivity index (χ2n) is 3.36. The number of esters is 1. The van der Waals surface area contributed by atoms with Gasteiger partial charge in [-0.3, -0.25) is 4.79 Å². The van der Waals surface area contributed by atoms with Crippen LogP contribution in [0.1, 0.15) is 24.5 Å². The van der Waals surface area contributed by atoms with Crippen molar-refractivity contribution in [1.29, 1.82) is 0 Å². The fourth-order valence-electron chi connectivity index (χ4n) is 1.44. The molecule has 0 saturated heterocycles. The highest BCUT2D eigenvalue weighted by Gasteiger charge is 2.31. The van der Waals surface area contributed by atoms with Crippen LogP contribution in [0.4, 0.5) is 19.0 Å². The number of nitro groups is 1. The average Bonchev–Trinajstić information content (AvgIpc) is 2.31. The molecule has 0 aromatic carbocycles. The molecule has 0 aliphatic heterocycles. The Bertz CT molecular complexity index is 508. The van der Waals surface area contributed by atoms with Crippen molar-refractivity contribution in [3.63, 3.8) is 0 Å². The Morgan fingerprint density at radius 3 is 2.68 bits per heavy atom. The molecule has 1 heterocycles. The third-order valence-electron chi connectivity index (χ3n) is 2.17. The van der Waals surface area contributed by atoms with Gasteiger partial charge in [0.15, 0.2) is 12.0 Å². The van der Waals surface area contributed by atoms with Gasteiger partial charge in [-0.05, 0) is 16.8 Å². The van der Waals surface area contributed by atoms with Gasteiger partial charge < -0.3 is 14.9 Å². The highest BCUT2D eigenvalue weighted by molar-refractivity contribution is 5.73. The first kappa shape index (κ1) is 14.9. The molecule has 104 valence electrons. The number of aromatic nitrogens is 1. The van der Waals surface area contributed by atoms with Crippen LogP contribution in [0.3, 0.4) is 0 Å². The molecular weight excluding hydrogens is 269 g/mol. The van der Waals surface area contributed by atoms with E-state index in [0.717, 1.165) is 0 Å². The predicted molar refractivity (Wildman–Crippen MR) is 56.1 cm³/mol. The fraction of sp³-hybridized carbons (Fsp3) is 0.400. The first-order chi connectivity index (χ1) is 8.88. The van der Waals surface area contributed by atoms with Crippen LogP contribution in [0, 0.1) is 15.9 Å². The molecule has 0 saturated carbocycles. The molecule has 0 atom stereocenters. The van der Waals surface area contributed by atoms with Crippen molar-refractivity contribution < 1.29 is 27.6 Å². The van der Waals surface area contributed by atoms with E-state index < -0.39 is 46.5 Å². The minimum atomic E-state index is -3.33. The summed E-state index contributed by atoms with van der Waals surface area (Å²) >= 11 is 0. The maximum absolute atomic E-state index is 13.4. The highest BCUT2D eigenvalue weighted by Crippen LogP contribution is 2.32. The number of carbonyl (C=O) groups is 1. The van der Waals surface area contributed by atoms with Gasteiger partial charge in [-0.25, -0.2) is 13.2 Å². The molecule has 0 radical (unpaired) electrons. The minimum absolute atomic E-state index is 0.0162. The normalized spacial score (nSPS) is 10.6. The van der Waals surface area contributed by atoms with Crippen LogP contribution in [0.2, 0.25) is 0 Å². The molecule has 0 fully saturated rings. The lowest BCUT2D eigenvalue weighted by molar-refractivity contribution is -0.391. The summed E-state index contributed by atoms with van der Waals surface area (Å²) in [4.78, 5) is 23.6. The predicted octanol–water partition coefficient (Wildman–Crippen LogP) is 2.17. The number of carbonyl (C=O) groups excluding carboxylic acids is 1. The topological polar surface area (TPSA) is 82.3 Å². The smallest absolute Gasteiger partial charge is 0.372 e. The van der Waals surface area contributed by atoms with E-state index in [9.17, 15) is 28.1 Å². The molecular formula is C10H9F3N2O4. The quantitative estimate of drug-likeness (QED) is 0.468. The monoisotopic (exact) mass is 278 g/mol. The van der Waals surface area contributed by atoms with E-state index in [2.05, 4.69) is 9.72 Å². The Hall–Kier alpha value is -2.19. The molecule has 1 aromatic heterocycles. The van der Waals surface area contributed by atoms with Gasteiger partial charge in [0.25, 0.3) is 6.43 Å². The van der Waals surface area contributed by atoms with Crippen LogP contribution in [0.15, 0.2) is 6.20 Å². The third kappa shape index (κ3) is 3.39. The molecule has 0 N–H and O–H groups in total. The third-order valence-corrected chi connectivity index (χ3v) is 2.17. The van der Waals surface area contributed by atoms with Gasteiger partial charge in [0.1, 0.15) is 5.56 Å². The molecule has 1 rings (SSSR count). The summed E-state index contributed by atoms with van der Waals surface area (Å²) in [6, 6.07) is 0. The molecule has 0 aliphatic carbocycles. The Kier molecular flexibility index (Phi) is 4.79. The first-order valence-electron chi connectivity index (χ1n) is 5.13. The number of hydrogen-bond acceptors (Lipinski definition) is 5. The molecule has 6 nitrogen and oxygen atoms in total. The van der Waals surface area contributed by atoms with Crippen molar-refractivity contribution >= 4 is 11.8 Å². The summed E-state index contributed by atoms with van der Waals surface area (Å²) in [5.74, 6) is -3.34. The van der Waals surface area contributed by atoms with Crippen LogP contribution in [0.5, 0.6) is 0 Å². The van der Waals surface area contributed by atoms with E-state index in [-0.39, 0.29) is 6.61 Å². The fourth-order valence-corrected chi connectivity index (χ4v) is 1.44. The molecule has 19 heavy (non-hydrogen) atoms. The second kappa shape index (κ2) is 6.12. The van der Waals surface area contributed by atoms with Gasteiger partial charge in [-0.2, -0.15) is 0 Å². The van der Waals surface area contributed by atoms with Crippen molar-refractivity contribution in [2.45, 2.75) is 19.8 Å². The van der Waals surface area contributed by atoms with E-state index in [0.29, 0.717) is 6.20 Å². The van der Waals surface area contributed by atoms with Crippen LogP contribution < -0.4 is 0 Å². The van der Waals surface area contributed by atoms with E-state index in [1.165, 1.54) is 6.92 Å². The van der Waals surface area contributed by atoms with Crippen LogP contribution in [0.25, 0.3) is 0 Å². The van der Waals surface area contributed by atoms with Gasteiger partial charge in [-0.1, -0.05) is 0 Å². The maximum Gasteiger partial charge on any atom is 0.372 e. The molecule has 0 unspecified atom stereocenters. The second-order valence-corrected chi connectivity index (χ2v) is 3.36. The number of rotatable bonds is 5. The summed E-state index contributed by atoms with van der Waals surface area (Å²) in [7, 11) is 0. The number of alkyl halides is 2. The molecule has 0 amide bonds.